The van der Waals surface area contributed by atoms with E-state index in [1.165, 1.54) is 57.8 Å². The third kappa shape index (κ3) is 3.14. The van der Waals surface area contributed by atoms with Gasteiger partial charge in [0.1, 0.15) is 0 Å². The van der Waals surface area contributed by atoms with E-state index < -0.39 is 0 Å². The number of hydrogen-bond donors (Lipinski definition) is 1. The van der Waals surface area contributed by atoms with Crippen LogP contribution in [0.5, 0.6) is 0 Å². The van der Waals surface area contributed by atoms with Crippen molar-refractivity contribution in [1.29, 1.82) is 0 Å². The van der Waals surface area contributed by atoms with Crippen molar-refractivity contribution < 1.29 is 0 Å². The SMILES string of the molecule is O=c1c(CNC2CCCC2)cccn1C1CCCCC1. The van der Waals surface area contributed by atoms with Crippen LogP contribution < -0.4 is 10.9 Å². The van der Waals surface area contributed by atoms with Crippen LogP contribution >= 0.6 is 0 Å². The van der Waals surface area contributed by atoms with Crippen molar-refractivity contribution in [2.45, 2.75) is 76.4 Å². The van der Waals surface area contributed by atoms with E-state index in [1.807, 2.05) is 22.9 Å². The minimum atomic E-state index is 0.227. The molecular formula is C17H26N2O. The van der Waals surface area contributed by atoms with Gasteiger partial charge in [0.05, 0.1) is 0 Å². The van der Waals surface area contributed by atoms with Crippen molar-refractivity contribution in [2.24, 2.45) is 0 Å². The van der Waals surface area contributed by atoms with Crippen LogP contribution in [0.15, 0.2) is 23.1 Å². The zero-order valence-electron chi connectivity index (χ0n) is 12.3. The second-order valence-electron chi connectivity index (χ2n) is 6.40. The summed E-state index contributed by atoms with van der Waals surface area (Å²) in [6.45, 7) is 0.733. The minimum Gasteiger partial charge on any atom is -0.312 e. The van der Waals surface area contributed by atoms with Crippen LogP contribution in [0.3, 0.4) is 0 Å². The summed E-state index contributed by atoms with van der Waals surface area (Å²) in [7, 11) is 0. The van der Waals surface area contributed by atoms with Gasteiger partial charge in [-0.25, -0.2) is 0 Å². The third-order valence-corrected chi connectivity index (χ3v) is 4.96. The highest BCUT2D eigenvalue weighted by Crippen LogP contribution is 2.26. The monoisotopic (exact) mass is 274 g/mol. The Labute approximate surface area is 121 Å². The Morgan fingerprint density at radius 1 is 1.05 bits per heavy atom. The molecule has 2 fully saturated rings. The molecule has 0 spiro atoms. The van der Waals surface area contributed by atoms with Crippen LogP contribution in [-0.4, -0.2) is 10.6 Å². The van der Waals surface area contributed by atoms with E-state index in [0.717, 1.165) is 12.1 Å². The lowest BCUT2D eigenvalue weighted by Gasteiger charge is -2.24. The molecule has 1 aromatic heterocycles. The summed E-state index contributed by atoms with van der Waals surface area (Å²) in [5, 5.41) is 3.56. The molecule has 1 N–H and O–H groups in total. The van der Waals surface area contributed by atoms with Gasteiger partial charge in [-0.1, -0.05) is 38.2 Å². The van der Waals surface area contributed by atoms with Crippen LogP contribution in [0.2, 0.25) is 0 Å². The molecule has 3 nitrogen and oxygen atoms in total. The third-order valence-electron chi connectivity index (χ3n) is 4.96. The van der Waals surface area contributed by atoms with Gasteiger partial charge in [-0.2, -0.15) is 0 Å². The molecule has 0 radical (unpaired) electrons. The Bertz CT molecular complexity index is 482. The van der Waals surface area contributed by atoms with E-state index in [9.17, 15) is 4.79 Å². The molecule has 0 aromatic carbocycles. The molecule has 1 heterocycles. The molecule has 3 heteroatoms. The predicted octanol–water partition coefficient (Wildman–Crippen LogP) is 3.39. The Kier molecular flexibility index (Phi) is 4.56. The summed E-state index contributed by atoms with van der Waals surface area (Å²) in [6.07, 6.45) is 13.4. The molecule has 0 aliphatic heterocycles. The molecule has 3 rings (SSSR count). The van der Waals surface area contributed by atoms with Gasteiger partial charge < -0.3 is 9.88 Å². The second kappa shape index (κ2) is 6.57. The summed E-state index contributed by atoms with van der Waals surface area (Å²) >= 11 is 0. The van der Waals surface area contributed by atoms with Gasteiger partial charge in [0.25, 0.3) is 5.56 Å². The number of aromatic nitrogens is 1. The van der Waals surface area contributed by atoms with E-state index in [4.69, 9.17) is 0 Å². The first kappa shape index (κ1) is 13.9. The first-order valence-electron chi connectivity index (χ1n) is 8.28. The molecule has 0 saturated heterocycles. The van der Waals surface area contributed by atoms with Crippen molar-refractivity contribution in [3.05, 3.63) is 34.2 Å². The Morgan fingerprint density at radius 2 is 1.75 bits per heavy atom. The van der Waals surface area contributed by atoms with E-state index in [2.05, 4.69) is 5.32 Å². The summed E-state index contributed by atoms with van der Waals surface area (Å²) in [5.74, 6) is 0. The topological polar surface area (TPSA) is 34.0 Å². The highest BCUT2D eigenvalue weighted by atomic mass is 16.1. The zero-order valence-corrected chi connectivity index (χ0v) is 12.3. The van der Waals surface area contributed by atoms with Crippen LogP contribution in [0.4, 0.5) is 0 Å². The van der Waals surface area contributed by atoms with Crippen LogP contribution in [-0.2, 0) is 6.54 Å². The van der Waals surface area contributed by atoms with Crippen molar-refractivity contribution >= 4 is 0 Å². The largest absolute Gasteiger partial charge is 0.312 e. The molecule has 0 bridgehead atoms. The van der Waals surface area contributed by atoms with Crippen LogP contribution in [0.1, 0.15) is 69.4 Å². The lowest BCUT2D eigenvalue weighted by Crippen LogP contribution is -2.32. The normalized spacial score (nSPS) is 21.4. The Morgan fingerprint density at radius 3 is 2.50 bits per heavy atom. The zero-order chi connectivity index (χ0) is 13.8. The molecule has 0 atom stereocenters. The van der Waals surface area contributed by atoms with Gasteiger partial charge in [0.15, 0.2) is 0 Å². The van der Waals surface area contributed by atoms with Gasteiger partial charge in [-0.15, -0.1) is 0 Å². The van der Waals surface area contributed by atoms with Crippen LogP contribution in [0.25, 0.3) is 0 Å². The van der Waals surface area contributed by atoms with Crippen LogP contribution in [0, 0.1) is 0 Å². The average Bonchev–Trinajstić information content (AvgIpc) is 3.00. The maximum atomic E-state index is 12.6. The van der Waals surface area contributed by atoms with Gasteiger partial charge in [0.2, 0.25) is 0 Å². The molecular weight excluding hydrogens is 248 g/mol. The van der Waals surface area contributed by atoms with E-state index in [-0.39, 0.29) is 5.56 Å². The molecule has 2 aliphatic rings. The fraction of sp³-hybridized carbons (Fsp3) is 0.706. The number of rotatable bonds is 4. The number of hydrogen-bond acceptors (Lipinski definition) is 2. The summed E-state index contributed by atoms with van der Waals surface area (Å²) in [5.41, 5.74) is 1.16. The van der Waals surface area contributed by atoms with E-state index in [1.54, 1.807) is 0 Å². The summed E-state index contributed by atoms with van der Waals surface area (Å²) in [4.78, 5) is 12.6. The maximum Gasteiger partial charge on any atom is 0.255 e. The lowest BCUT2D eigenvalue weighted by atomic mass is 9.95. The number of nitrogens with zero attached hydrogens (tertiary/aromatic N) is 1. The first-order valence-corrected chi connectivity index (χ1v) is 8.28. The first-order chi connectivity index (χ1) is 9.84. The Balaban J connectivity index is 1.69. The summed E-state index contributed by atoms with van der Waals surface area (Å²) in [6, 6.07) is 5.09. The molecule has 0 amide bonds. The number of pyridine rings is 1. The van der Waals surface area contributed by atoms with E-state index >= 15 is 0 Å². The van der Waals surface area contributed by atoms with Crippen molar-refractivity contribution in [1.82, 2.24) is 9.88 Å². The number of nitrogens with one attached hydrogen (secondary N) is 1. The van der Waals surface area contributed by atoms with Gasteiger partial charge in [-0.3, -0.25) is 4.79 Å². The summed E-state index contributed by atoms with van der Waals surface area (Å²) < 4.78 is 1.99. The molecule has 20 heavy (non-hydrogen) atoms. The second-order valence-corrected chi connectivity index (χ2v) is 6.40. The molecule has 1 aromatic rings. The lowest BCUT2D eigenvalue weighted by molar-refractivity contribution is 0.344. The van der Waals surface area contributed by atoms with Gasteiger partial charge in [-0.05, 0) is 31.7 Å². The van der Waals surface area contributed by atoms with E-state index in [0.29, 0.717) is 12.1 Å². The standard InChI is InChI=1S/C17H26N2O/c20-17-14(13-18-15-8-4-5-9-15)7-6-12-19(17)16-10-2-1-3-11-16/h6-7,12,15-16,18H,1-5,8-11,13H2. The van der Waals surface area contributed by atoms with Gasteiger partial charge in [0, 0.05) is 30.4 Å². The quantitative estimate of drug-likeness (QED) is 0.913. The molecule has 2 saturated carbocycles. The highest BCUT2D eigenvalue weighted by Gasteiger charge is 2.18. The molecule has 110 valence electrons. The fourth-order valence-electron chi connectivity index (χ4n) is 3.72. The van der Waals surface area contributed by atoms with Crippen molar-refractivity contribution in [3.63, 3.8) is 0 Å². The maximum absolute atomic E-state index is 12.6. The molecule has 0 unspecified atom stereocenters. The minimum absolute atomic E-state index is 0.227. The van der Waals surface area contributed by atoms with Gasteiger partial charge >= 0.3 is 0 Å². The fourth-order valence-corrected chi connectivity index (χ4v) is 3.72. The molecule has 2 aliphatic carbocycles. The van der Waals surface area contributed by atoms with Crippen molar-refractivity contribution in [2.75, 3.05) is 0 Å². The predicted molar refractivity (Wildman–Crippen MR) is 81.9 cm³/mol. The smallest absolute Gasteiger partial charge is 0.255 e. The Hall–Kier alpha value is -1.09. The highest BCUT2D eigenvalue weighted by molar-refractivity contribution is 5.11. The van der Waals surface area contributed by atoms with Crippen molar-refractivity contribution in [3.8, 4) is 0 Å². The average molecular weight is 274 g/mol.